The normalized spacial score (nSPS) is 12.2. The number of hydrogen-bond acceptors (Lipinski definition) is 7. The molecule has 0 bridgehead atoms. The van der Waals surface area contributed by atoms with Crippen LogP contribution in [0.4, 0.5) is 5.82 Å². The molecular weight excluding hydrogens is 380 g/mol. The molecule has 0 saturated carbocycles. The van der Waals surface area contributed by atoms with Crippen LogP contribution in [0.15, 0.2) is 55.0 Å². The third-order valence-corrected chi connectivity index (χ3v) is 4.82. The molecule has 0 amide bonds. The van der Waals surface area contributed by atoms with Crippen molar-refractivity contribution >= 4 is 11.5 Å². The summed E-state index contributed by atoms with van der Waals surface area (Å²) in [6.07, 6.45) is 5.03. The number of aliphatic hydroxyl groups excluding tert-OH is 1. The summed E-state index contributed by atoms with van der Waals surface area (Å²) in [6.45, 7) is 2.56. The minimum absolute atomic E-state index is 0.192. The van der Waals surface area contributed by atoms with Gasteiger partial charge in [0.25, 0.3) is 0 Å². The van der Waals surface area contributed by atoms with Crippen LogP contribution in [-0.2, 0) is 0 Å². The van der Waals surface area contributed by atoms with Gasteiger partial charge in [-0.3, -0.25) is 0 Å². The monoisotopic (exact) mass is 404 g/mol. The molecule has 0 aliphatic carbocycles. The Bertz CT molecular complexity index is 1170. The highest BCUT2D eigenvalue weighted by Gasteiger charge is 2.14. The van der Waals surface area contributed by atoms with E-state index in [4.69, 9.17) is 15.5 Å². The van der Waals surface area contributed by atoms with E-state index in [-0.39, 0.29) is 6.61 Å². The molecule has 154 valence electrons. The fourth-order valence-electron chi connectivity index (χ4n) is 3.22. The zero-order chi connectivity index (χ0) is 21.1. The van der Waals surface area contributed by atoms with Gasteiger partial charge < -0.3 is 25.3 Å². The largest absolute Gasteiger partial charge is 0.491 e. The van der Waals surface area contributed by atoms with Gasteiger partial charge in [-0.1, -0.05) is 12.1 Å². The van der Waals surface area contributed by atoms with Crippen molar-refractivity contribution in [1.29, 1.82) is 0 Å². The molecule has 3 aromatic heterocycles. The standard InChI is InChI=1S/C22H24N6O2/c1-14-20(16-6-7-19-25-8-9-28(19)12-16)26-22(27-21(14)23)15-4-3-5-18(10-15)30-13-17(29)11-24-2/h3-10,12,17,24,29H,11,13H2,1-2H3,(H2,23,26,27). The molecule has 0 aliphatic rings. The predicted molar refractivity (Wildman–Crippen MR) is 116 cm³/mol. The number of nitrogens with two attached hydrogens (primary N) is 1. The number of hydrogen-bond donors (Lipinski definition) is 3. The molecule has 0 spiro atoms. The van der Waals surface area contributed by atoms with Crippen molar-refractivity contribution in [3.63, 3.8) is 0 Å². The van der Waals surface area contributed by atoms with Crippen molar-refractivity contribution in [2.45, 2.75) is 13.0 Å². The number of benzene rings is 1. The molecular formula is C22H24N6O2. The van der Waals surface area contributed by atoms with Crippen molar-refractivity contribution in [3.05, 3.63) is 60.6 Å². The second kappa shape index (κ2) is 8.48. The van der Waals surface area contributed by atoms with Crippen LogP contribution in [0.25, 0.3) is 28.3 Å². The van der Waals surface area contributed by atoms with E-state index in [0.29, 0.717) is 23.9 Å². The SMILES string of the molecule is CNCC(O)COc1cccc(-c2nc(N)c(C)c(-c3ccc4nccn4c3)n2)c1. The summed E-state index contributed by atoms with van der Waals surface area (Å²) in [7, 11) is 1.78. The van der Waals surface area contributed by atoms with E-state index in [1.54, 1.807) is 13.2 Å². The zero-order valence-corrected chi connectivity index (χ0v) is 16.9. The quantitative estimate of drug-likeness (QED) is 0.433. The molecule has 1 aromatic carbocycles. The van der Waals surface area contributed by atoms with Gasteiger partial charge in [-0.15, -0.1) is 0 Å². The molecule has 0 fully saturated rings. The number of nitrogens with zero attached hydrogens (tertiary/aromatic N) is 4. The maximum absolute atomic E-state index is 9.85. The Morgan fingerprint density at radius 1 is 1.20 bits per heavy atom. The Morgan fingerprint density at radius 3 is 2.90 bits per heavy atom. The van der Waals surface area contributed by atoms with Crippen molar-refractivity contribution in [2.75, 3.05) is 25.9 Å². The molecule has 1 atom stereocenters. The van der Waals surface area contributed by atoms with Crippen LogP contribution < -0.4 is 15.8 Å². The highest BCUT2D eigenvalue weighted by Crippen LogP contribution is 2.29. The van der Waals surface area contributed by atoms with E-state index in [1.165, 1.54) is 0 Å². The van der Waals surface area contributed by atoms with Crippen molar-refractivity contribution in [2.24, 2.45) is 0 Å². The van der Waals surface area contributed by atoms with E-state index >= 15 is 0 Å². The first-order valence-electron chi connectivity index (χ1n) is 9.68. The average Bonchev–Trinajstić information content (AvgIpc) is 3.22. The van der Waals surface area contributed by atoms with Crippen LogP contribution in [0, 0.1) is 6.92 Å². The second-order valence-electron chi connectivity index (χ2n) is 7.07. The third kappa shape index (κ3) is 4.10. The lowest BCUT2D eigenvalue weighted by molar-refractivity contribution is 0.108. The van der Waals surface area contributed by atoms with Gasteiger partial charge in [0.1, 0.15) is 29.9 Å². The number of pyridine rings is 1. The van der Waals surface area contributed by atoms with Gasteiger partial charge in [-0.2, -0.15) is 0 Å². The summed E-state index contributed by atoms with van der Waals surface area (Å²) in [4.78, 5) is 13.6. The summed E-state index contributed by atoms with van der Waals surface area (Å²) >= 11 is 0. The predicted octanol–water partition coefficient (Wildman–Crippen LogP) is 2.31. The van der Waals surface area contributed by atoms with Crippen LogP contribution in [0.2, 0.25) is 0 Å². The first-order chi connectivity index (χ1) is 14.5. The number of nitrogen functional groups attached to an aromatic ring is 1. The third-order valence-electron chi connectivity index (χ3n) is 4.82. The summed E-state index contributed by atoms with van der Waals surface area (Å²) in [5, 5.41) is 12.8. The Hall–Kier alpha value is -3.49. The van der Waals surface area contributed by atoms with E-state index in [2.05, 4.69) is 15.3 Å². The molecule has 30 heavy (non-hydrogen) atoms. The highest BCUT2D eigenvalue weighted by molar-refractivity contribution is 5.72. The van der Waals surface area contributed by atoms with E-state index in [9.17, 15) is 5.11 Å². The van der Waals surface area contributed by atoms with Crippen molar-refractivity contribution < 1.29 is 9.84 Å². The van der Waals surface area contributed by atoms with Gasteiger partial charge >= 0.3 is 0 Å². The van der Waals surface area contributed by atoms with Crippen molar-refractivity contribution in [3.8, 4) is 28.4 Å². The number of aromatic nitrogens is 4. The molecule has 3 heterocycles. The first kappa shape index (κ1) is 19.8. The summed E-state index contributed by atoms with van der Waals surface area (Å²) in [5.41, 5.74) is 10.4. The number of likely N-dealkylation sites (N-methyl/N-ethyl adjacent to an activating group) is 1. The molecule has 1 unspecified atom stereocenters. The van der Waals surface area contributed by atoms with E-state index in [0.717, 1.165) is 28.0 Å². The molecule has 4 aromatic rings. The number of anilines is 1. The smallest absolute Gasteiger partial charge is 0.162 e. The number of aliphatic hydroxyl groups is 1. The number of fused-ring (bicyclic) bond motifs is 1. The second-order valence-corrected chi connectivity index (χ2v) is 7.07. The first-order valence-corrected chi connectivity index (χ1v) is 9.68. The van der Waals surface area contributed by atoms with Gasteiger partial charge in [-0.25, -0.2) is 15.0 Å². The molecule has 0 radical (unpaired) electrons. The summed E-state index contributed by atoms with van der Waals surface area (Å²) < 4.78 is 7.65. The van der Waals surface area contributed by atoms with Gasteiger partial charge in [0.05, 0.1) is 5.69 Å². The maximum atomic E-state index is 9.85. The van der Waals surface area contributed by atoms with Crippen LogP contribution in [-0.4, -0.2) is 50.8 Å². The molecule has 8 heteroatoms. The minimum atomic E-state index is -0.588. The molecule has 8 nitrogen and oxygen atoms in total. The Morgan fingerprint density at radius 2 is 2.07 bits per heavy atom. The number of ether oxygens (including phenoxy) is 1. The fraction of sp³-hybridized carbons (Fsp3) is 0.227. The van der Waals surface area contributed by atoms with Crippen LogP contribution in [0.5, 0.6) is 5.75 Å². The van der Waals surface area contributed by atoms with Gasteiger partial charge in [-0.05, 0) is 38.2 Å². The lowest BCUT2D eigenvalue weighted by Gasteiger charge is -2.13. The maximum Gasteiger partial charge on any atom is 0.162 e. The zero-order valence-electron chi connectivity index (χ0n) is 16.9. The van der Waals surface area contributed by atoms with Gasteiger partial charge in [0.2, 0.25) is 0 Å². The molecule has 4 N–H and O–H groups in total. The fourth-order valence-corrected chi connectivity index (χ4v) is 3.22. The number of rotatable bonds is 7. The van der Waals surface area contributed by atoms with E-state index < -0.39 is 6.10 Å². The van der Waals surface area contributed by atoms with Crippen LogP contribution >= 0.6 is 0 Å². The van der Waals surface area contributed by atoms with Gasteiger partial charge in [0, 0.05) is 41.8 Å². The molecule has 0 saturated heterocycles. The minimum Gasteiger partial charge on any atom is -0.491 e. The summed E-state index contributed by atoms with van der Waals surface area (Å²) in [5.74, 6) is 1.57. The molecule has 4 rings (SSSR count). The topological polar surface area (TPSA) is 111 Å². The van der Waals surface area contributed by atoms with Crippen molar-refractivity contribution in [1.82, 2.24) is 24.7 Å². The Kier molecular flexibility index (Phi) is 5.60. The lowest BCUT2D eigenvalue weighted by Crippen LogP contribution is -2.29. The van der Waals surface area contributed by atoms with E-state index in [1.807, 2.05) is 60.1 Å². The molecule has 0 aliphatic heterocycles. The highest BCUT2D eigenvalue weighted by atomic mass is 16.5. The summed E-state index contributed by atoms with van der Waals surface area (Å²) in [6, 6.07) is 11.4. The number of imidazole rings is 1. The van der Waals surface area contributed by atoms with Crippen LogP contribution in [0.3, 0.4) is 0 Å². The number of nitrogens with one attached hydrogen (secondary N) is 1. The Balaban J connectivity index is 1.67. The van der Waals surface area contributed by atoms with Gasteiger partial charge in [0.15, 0.2) is 5.82 Å². The lowest BCUT2D eigenvalue weighted by atomic mass is 10.1. The van der Waals surface area contributed by atoms with Crippen LogP contribution in [0.1, 0.15) is 5.56 Å². The average molecular weight is 404 g/mol. The Labute approximate surface area is 174 Å².